The molecule has 0 aliphatic heterocycles. The van der Waals surface area contributed by atoms with E-state index in [0.717, 1.165) is 48.1 Å². The fraction of sp³-hybridized carbons (Fsp3) is 0.458. The highest BCUT2D eigenvalue weighted by Crippen LogP contribution is 2.25. The van der Waals surface area contributed by atoms with E-state index in [1.165, 1.54) is 0 Å². The monoisotopic (exact) mass is 383 g/mol. The van der Waals surface area contributed by atoms with Crippen LogP contribution in [-0.2, 0) is 16.1 Å². The average Bonchev–Trinajstić information content (AvgIpc) is 2.71. The first kappa shape index (κ1) is 22.0. The summed E-state index contributed by atoms with van der Waals surface area (Å²) in [7, 11) is 0. The minimum Gasteiger partial charge on any atom is -0.489 e. The Morgan fingerprint density at radius 3 is 2.46 bits per heavy atom. The van der Waals surface area contributed by atoms with E-state index in [1.807, 2.05) is 55.5 Å². The lowest BCUT2D eigenvalue weighted by Gasteiger charge is -2.21. The molecule has 2 aromatic rings. The minimum absolute atomic E-state index is 0.0760. The summed E-state index contributed by atoms with van der Waals surface area (Å²) in [4.78, 5) is 12.8. The topological polar surface area (TPSA) is 47.6 Å². The van der Waals surface area contributed by atoms with E-state index < -0.39 is 6.10 Å². The number of carbonyl (C=O) groups excluding carboxylic acids is 1. The molecular formula is C24H33NO3. The van der Waals surface area contributed by atoms with Gasteiger partial charge in [0.05, 0.1) is 0 Å². The molecule has 2 aromatic carbocycles. The second-order valence-electron chi connectivity index (χ2n) is 7.00. The summed E-state index contributed by atoms with van der Waals surface area (Å²) in [5, 5.41) is 3.01. The molecule has 4 nitrogen and oxygen atoms in total. The van der Waals surface area contributed by atoms with Gasteiger partial charge >= 0.3 is 0 Å². The molecule has 0 aliphatic carbocycles. The molecule has 0 aliphatic rings. The molecule has 28 heavy (non-hydrogen) atoms. The maximum atomic E-state index is 12.8. The van der Waals surface area contributed by atoms with Gasteiger partial charge in [-0.1, -0.05) is 69.2 Å². The Kier molecular flexibility index (Phi) is 9.56. The van der Waals surface area contributed by atoms with Crippen molar-refractivity contribution < 1.29 is 14.3 Å². The molecule has 0 radical (unpaired) electrons. The van der Waals surface area contributed by atoms with Crippen molar-refractivity contribution in [2.45, 2.75) is 59.2 Å². The lowest BCUT2D eigenvalue weighted by Crippen LogP contribution is -2.32. The maximum Gasteiger partial charge on any atom is 0.253 e. The van der Waals surface area contributed by atoms with Gasteiger partial charge in [0.2, 0.25) is 0 Å². The predicted molar refractivity (Wildman–Crippen MR) is 113 cm³/mol. The number of rotatable bonds is 12. The van der Waals surface area contributed by atoms with Gasteiger partial charge in [-0.15, -0.1) is 0 Å². The van der Waals surface area contributed by atoms with E-state index in [9.17, 15) is 4.79 Å². The van der Waals surface area contributed by atoms with Crippen molar-refractivity contribution in [2.24, 2.45) is 0 Å². The largest absolute Gasteiger partial charge is 0.489 e. The third-order valence-electron chi connectivity index (χ3n) is 4.66. The number of aryl methyl sites for hydroxylation is 1. The Hall–Kier alpha value is -2.33. The van der Waals surface area contributed by atoms with Gasteiger partial charge in [-0.05, 0) is 42.5 Å². The van der Waals surface area contributed by atoms with Crippen molar-refractivity contribution in [3.05, 3.63) is 65.2 Å². The summed E-state index contributed by atoms with van der Waals surface area (Å²) < 4.78 is 12.0. The van der Waals surface area contributed by atoms with Crippen LogP contribution in [0.1, 0.15) is 62.3 Å². The number of para-hydroxylation sites is 1. The predicted octanol–water partition coefficient (Wildman–Crippen LogP) is 5.35. The molecule has 0 saturated heterocycles. The van der Waals surface area contributed by atoms with Gasteiger partial charge in [0.1, 0.15) is 12.4 Å². The number of hydrogen-bond acceptors (Lipinski definition) is 3. The Labute approximate surface area is 169 Å². The zero-order valence-electron chi connectivity index (χ0n) is 17.4. The van der Waals surface area contributed by atoms with Crippen LogP contribution in [0.5, 0.6) is 5.75 Å². The Balaban J connectivity index is 2.17. The SMILES string of the molecule is CCCCNC(=O)C(OCCCC)c1ccccc1COc1ccccc1C. The van der Waals surface area contributed by atoms with Crippen LogP contribution in [0.2, 0.25) is 0 Å². The van der Waals surface area contributed by atoms with Gasteiger partial charge in [0.15, 0.2) is 6.10 Å². The maximum absolute atomic E-state index is 12.8. The fourth-order valence-electron chi connectivity index (χ4n) is 2.93. The number of hydrogen-bond donors (Lipinski definition) is 1. The molecule has 1 amide bonds. The van der Waals surface area contributed by atoms with Crippen molar-refractivity contribution in [3.8, 4) is 5.75 Å². The van der Waals surface area contributed by atoms with E-state index >= 15 is 0 Å². The van der Waals surface area contributed by atoms with E-state index in [0.29, 0.717) is 19.8 Å². The molecule has 1 N–H and O–H groups in total. The van der Waals surface area contributed by atoms with Crippen molar-refractivity contribution in [2.75, 3.05) is 13.2 Å². The van der Waals surface area contributed by atoms with Gasteiger partial charge in [-0.3, -0.25) is 4.79 Å². The highest BCUT2D eigenvalue weighted by molar-refractivity contribution is 5.82. The second-order valence-corrected chi connectivity index (χ2v) is 7.00. The molecule has 0 heterocycles. The average molecular weight is 384 g/mol. The number of carbonyl (C=O) groups is 1. The Bertz CT molecular complexity index is 729. The first-order valence-corrected chi connectivity index (χ1v) is 10.3. The van der Waals surface area contributed by atoms with Crippen LogP contribution in [0.25, 0.3) is 0 Å². The van der Waals surface area contributed by atoms with E-state index in [4.69, 9.17) is 9.47 Å². The number of unbranched alkanes of at least 4 members (excludes halogenated alkanes) is 2. The number of benzene rings is 2. The molecule has 4 heteroatoms. The van der Waals surface area contributed by atoms with Crippen molar-refractivity contribution in [1.29, 1.82) is 0 Å². The highest BCUT2D eigenvalue weighted by atomic mass is 16.5. The number of ether oxygens (including phenoxy) is 2. The van der Waals surface area contributed by atoms with Crippen molar-refractivity contribution in [1.82, 2.24) is 5.32 Å². The normalized spacial score (nSPS) is 11.8. The summed E-state index contributed by atoms with van der Waals surface area (Å²) >= 11 is 0. The molecule has 0 aromatic heterocycles. The van der Waals surface area contributed by atoms with E-state index in [1.54, 1.807) is 0 Å². The lowest BCUT2D eigenvalue weighted by molar-refractivity contribution is -0.133. The molecule has 152 valence electrons. The quantitative estimate of drug-likeness (QED) is 0.503. The van der Waals surface area contributed by atoms with Gasteiger partial charge in [0.25, 0.3) is 5.91 Å². The second kappa shape index (κ2) is 12.2. The third kappa shape index (κ3) is 6.68. The third-order valence-corrected chi connectivity index (χ3v) is 4.66. The van der Waals surface area contributed by atoms with Gasteiger partial charge in [-0.2, -0.15) is 0 Å². The summed E-state index contributed by atoms with van der Waals surface area (Å²) in [6.45, 7) is 7.89. The van der Waals surface area contributed by atoms with Crippen LogP contribution < -0.4 is 10.1 Å². The van der Waals surface area contributed by atoms with Crippen LogP contribution in [-0.4, -0.2) is 19.1 Å². The summed E-state index contributed by atoms with van der Waals surface area (Å²) in [6, 6.07) is 15.8. The van der Waals surface area contributed by atoms with Gasteiger partial charge < -0.3 is 14.8 Å². The van der Waals surface area contributed by atoms with Crippen LogP contribution >= 0.6 is 0 Å². The molecule has 0 saturated carbocycles. The molecule has 0 fully saturated rings. The highest BCUT2D eigenvalue weighted by Gasteiger charge is 2.23. The van der Waals surface area contributed by atoms with Crippen molar-refractivity contribution in [3.63, 3.8) is 0 Å². The molecule has 2 rings (SSSR count). The minimum atomic E-state index is -0.611. The zero-order valence-corrected chi connectivity index (χ0v) is 17.4. The van der Waals surface area contributed by atoms with E-state index in [2.05, 4.69) is 19.2 Å². The van der Waals surface area contributed by atoms with E-state index in [-0.39, 0.29) is 5.91 Å². The summed E-state index contributed by atoms with van der Waals surface area (Å²) in [5.74, 6) is 0.779. The standard InChI is InChI=1S/C24H33NO3/c1-4-6-16-25-24(26)23(27-17-7-5-2)21-14-10-9-13-20(21)18-28-22-15-11-8-12-19(22)3/h8-15,23H,4-7,16-18H2,1-3H3,(H,25,26). The Morgan fingerprint density at radius 1 is 1.00 bits per heavy atom. The van der Waals surface area contributed by atoms with Gasteiger partial charge in [0, 0.05) is 13.2 Å². The first-order chi connectivity index (χ1) is 13.7. The molecule has 1 unspecified atom stereocenters. The number of nitrogens with one attached hydrogen (secondary N) is 1. The molecule has 0 spiro atoms. The number of amides is 1. The molecule has 0 bridgehead atoms. The first-order valence-electron chi connectivity index (χ1n) is 10.3. The fourth-order valence-corrected chi connectivity index (χ4v) is 2.93. The molecule has 1 atom stereocenters. The summed E-state index contributed by atoms with van der Waals surface area (Å²) in [6.07, 6.45) is 3.36. The smallest absolute Gasteiger partial charge is 0.253 e. The van der Waals surface area contributed by atoms with Crippen LogP contribution in [0.4, 0.5) is 0 Å². The van der Waals surface area contributed by atoms with Crippen LogP contribution in [0.3, 0.4) is 0 Å². The van der Waals surface area contributed by atoms with Crippen LogP contribution in [0, 0.1) is 6.92 Å². The zero-order chi connectivity index (χ0) is 20.2. The Morgan fingerprint density at radius 2 is 1.71 bits per heavy atom. The summed E-state index contributed by atoms with van der Waals surface area (Å²) in [5.41, 5.74) is 2.94. The lowest BCUT2D eigenvalue weighted by atomic mass is 10.0. The molecular weight excluding hydrogens is 350 g/mol. The van der Waals surface area contributed by atoms with Gasteiger partial charge in [-0.25, -0.2) is 0 Å². The van der Waals surface area contributed by atoms with Crippen molar-refractivity contribution >= 4 is 5.91 Å². The van der Waals surface area contributed by atoms with Crippen LogP contribution in [0.15, 0.2) is 48.5 Å².